The highest BCUT2D eigenvalue weighted by atomic mass is 16.5. The largest absolute Gasteiger partial charge is 0.495 e. The third kappa shape index (κ3) is 2.21. The molecule has 0 amide bonds. The number of hydrogen-bond donors (Lipinski definition) is 1. The zero-order valence-electron chi connectivity index (χ0n) is 12.7. The van der Waals surface area contributed by atoms with E-state index in [1.54, 1.807) is 7.11 Å². The van der Waals surface area contributed by atoms with Crippen molar-refractivity contribution < 1.29 is 4.74 Å². The van der Waals surface area contributed by atoms with Crippen molar-refractivity contribution in [3.05, 3.63) is 42.5 Å². The quantitative estimate of drug-likeness (QED) is 0.797. The van der Waals surface area contributed by atoms with Gasteiger partial charge in [-0.2, -0.15) is 0 Å². The molecule has 0 saturated carbocycles. The Morgan fingerprint density at radius 2 is 1.91 bits per heavy atom. The third-order valence-corrected chi connectivity index (χ3v) is 4.29. The fraction of sp³-hybridized carbons (Fsp3) is 0.278. The van der Waals surface area contributed by atoms with Gasteiger partial charge < -0.3 is 14.6 Å². The zero-order chi connectivity index (χ0) is 14.9. The van der Waals surface area contributed by atoms with Crippen LogP contribution in [0.2, 0.25) is 0 Å². The monoisotopic (exact) mass is 293 g/mol. The molecule has 112 valence electrons. The summed E-state index contributed by atoms with van der Waals surface area (Å²) < 4.78 is 5.61. The van der Waals surface area contributed by atoms with E-state index in [1.807, 2.05) is 24.3 Å². The Morgan fingerprint density at radius 1 is 1.09 bits per heavy atom. The Balaban J connectivity index is 1.75. The lowest BCUT2D eigenvalue weighted by Crippen LogP contribution is -2.18. The number of imidazole rings is 1. The highest BCUT2D eigenvalue weighted by Crippen LogP contribution is 2.34. The maximum absolute atomic E-state index is 5.61. The van der Waals surface area contributed by atoms with Crippen molar-refractivity contribution in [1.82, 2.24) is 9.97 Å². The van der Waals surface area contributed by atoms with Crippen LogP contribution in [0.5, 0.6) is 5.75 Å². The van der Waals surface area contributed by atoms with Gasteiger partial charge in [0.15, 0.2) is 0 Å². The predicted molar refractivity (Wildman–Crippen MR) is 89.5 cm³/mol. The van der Waals surface area contributed by atoms with Gasteiger partial charge in [0, 0.05) is 18.7 Å². The Hall–Kier alpha value is -2.49. The number of rotatable bonds is 3. The van der Waals surface area contributed by atoms with Gasteiger partial charge in [-0.3, -0.25) is 0 Å². The van der Waals surface area contributed by atoms with Crippen molar-refractivity contribution in [2.45, 2.75) is 12.8 Å². The molecule has 0 aliphatic carbocycles. The maximum Gasteiger partial charge on any atom is 0.142 e. The smallest absolute Gasteiger partial charge is 0.142 e. The molecule has 4 heteroatoms. The van der Waals surface area contributed by atoms with Gasteiger partial charge in [-0.25, -0.2) is 4.98 Å². The normalized spacial score (nSPS) is 14.7. The van der Waals surface area contributed by atoms with Crippen molar-refractivity contribution in [2.24, 2.45) is 0 Å². The first kappa shape index (κ1) is 13.2. The van der Waals surface area contributed by atoms with Crippen molar-refractivity contribution in [3.8, 4) is 17.1 Å². The van der Waals surface area contributed by atoms with Crippen LogP contribution in [0.3, 0.4) is 0 Å². The second-order valence-corrected chi connectivity index (χ2v) is 5.68. The van der Waals surface area contributed by atoms with E-state index in [2.05, 4.69) is 33.1 Å². The van der Waals surface area contributed by atoms with Gasteiger partial charge in [-0.1, -0.05) is 12.1 Å². The number of nitrogens with zero attached hydrogens (tertiary/aromatic N) is 2. The maximum atomic E-state index is 5.61. The van der Waals surface area contributed by atoms with Crippen molar-refractivity contribution >= 4 is 16.7 Å². The van der Waals surface area contributed by atoms with E-state index >= 15 is 0 Å². The zero-order valence-corrected chi connectivity index (χ0v) is 12.7. The lowest BCUT2D eigenvalue weighted by atomic mass is 10.1. The standard InChI is InChI=1S/C18H19N3O/c1-22-17-12-13(8-9-16(17)21-10-4-5-11-21)18-19-14-6-2-3-7-15(14)20-18/h2-3,6-9,12H,4-5,10-11H2,1H3,(H,19,20). The van der Waals surface area contributed by atoms with Gasteiger partial charge in [-0.05, 0) is 43.2 Å². The van der Waals surface area contributed by atoms with E-state index in [0.29, 0.717) is 0 Å². The SMILES string of the molecule is COc1cc(-c2nc3ccccc3[nH]2)ccc1N1CCCC1. The molecule has 2 aromatic carbocycles. The summed E-state index contributed by atoms with van der Waals surface area (Å²) in [5.74, 6) is 1.80. The number of aromatic nitrogens is 2. The van der Waals surface area contributed by atoms with Gasteiger partial charge in [0.25, 0.3) is 0 Å². The lowest BCUT2D eigenvalue weighted by Gasteiger charge is -2.20. The minimum Gasteiger partial charge on any atom is -0.495 e. The minimum atomic E-state index is 0.882. The number of anilines is 1. The van der Waals surface area contributed by atoms with Crippen LogP contribution in [-0.2, 0) is 0 Å². The predicted octanol–water partition coefficient (Wildman–Crippen LogP) is 3.84. The summed E-state index contributed by atoms with van der Waals surface area (Å²) in [5, 5.41) is 0. The number of ether oxygens (including phenoxy) is 1. The van der Waals surface area contributed by atoms with Crippen molar-refractivity contribution in [3.63, 3.8) is 0 Å². The number of aromatic amines is 1. The number of benzene rings is 2. The molecule has 1 aliphatic heterocycles. The van der Waals surface area contributed by atoms with Gasteiger partial charge in [-0.15, -0.1) is 0 Å². The Morgan fingerprint density at radius 3 is 2.68 bits per heavy atom. The van der Waals surface area contributed by atoms with Crippen LogP contribution in [0, 0.1) is 0 Å². The summed E-state index contributed by atoms with van der Waals surface area (Å²) in [6.07, 6.45) is 2.52. The number of para-hydroxylation sites is 2. The molecule has 1 N–H and O–H groups in total. The molecule has 4 nitrogen and oxygen atoms in total. The summed E-state index contributed by atoms with van der Waals surface area (Å²) in [7, 11) is 1.73. The fourth-order valence-electron chi connectivity index (χ4n) is 3.13. The highest BCUT2D eigenvalue weighted by molar-refractivity contribution is 5.80. The van der Waals surface area contributed by atoms with Crippen LogP contribution in [0.25, 0.3) is 22.4 Å². The van der Waals surface area contributed by atoms with Gasteiger partial charge in [0.1, 0.15) is 11.6 Å². The lowest BCUT2D eigenvalue weighted by molar-refractivity contribution is 0.415. The first-order valence-corrected chi connectivity index (χ1v) is 7.73. The number of H-pyrrole nitrogens is 1. The minimum absolute atomic E-state index is 0.882. The van der Waals surface area contributed by atoms with Gasteiger partial charge in [0.2, 0.25) is 0 Å². The van der Waals surface area contributed by atoms with Crippen LogP contribution in [-0.4, -0.2) is 30.2 Å². The molecule has 0 radical (unpaired) electrons. The molecular formula is C18H19N3O. The molecule has 0 spiro atoms. The second-order valence-electron chi connectivity index (χ2n) is 5.68. The summed E-state index contributed by atoms with van der Waals surface area (Å²) in [4.78, 5) is 10.4. The average Bonchev–Trinajstić information content (AvgIpc) is 3.23. The highest BCUT2D eigenvalue weighted by Gasteiger charge is 2.17. The van der Waals surface area contributed by atoms with E-state index in [0.717, 1.165) is 41.3 Å². The molecule has 22 heavy (non-hydrogen) atoms. The molecule has 1 fully saturated rings. The van der Waals surface area contributed by atoms with E-state index in [4.69, 9.17) is 4.74 Å². The van der Waals surface area contributed by atoms with Crippen molar-refractivity contribution in [2.75, 3.05) is 25.1 Å². The molecule has 1 saturated heterocycles. The number of nitrogens with one attached hydrogen (secondary N) is 1. The van der Waals surface area contributed by atoms with Gasteiger partial charge in [0.05, 0.1) is 23.8 Å². The fourth-order valence-corrected chi connectivity index (χ4v) is 3.13. The van der Waals surface area contributed by atoms with Gasteiger partial charge >= 0.3 is 0 Å². The van der Waals surface area contributed by atoms with Crippen LogP contribution in [0.4, 0.5) is 5.69 Å². The summed E-state index contributed by atoms with van der Waals surface area (Å²) in [6, 6.07) is 14.4. The van der Waals surface area contributed by atoms with E-state index in [9.17, 15) is 0 Å². The average molecular weight is 293 g/mol. The van der Waals surface area contributed by atoms with Crippen LogP contribution in [0.1, 0.15) is 12.8 Å². The van der Waals surface area contributed by atoms with Crippen LogP contribution >= 0.6 is 0 Å². The molecule has 2 heterocycles. The molecular weight excluding hydrogens is 274 g/mol. The molecule has 3 aromatic rings. The Labute approximate surface area is 129 Å². The first-order valence-electron chi connectivity index (χ1n) is 7.73. The molecule has 0 atom stereocenters. The van der Waals surface area contributed by atoms with E-state index in [-0.39, 0.29) is 0 Å². The third-order valence-electron chi connectivity index (χ3n) is 4.29. The van der Waals surface area contributed by atoms with Crippen LogP contribution in [0.15, 0.2) is 42.5 Å². The number of fused-ring (bicyclic) bond motifs is 1. The second kappa shape index (κ2) is 5.37. The Bertz CT molecular complexity index is 770. The van der Waals surface area contributed by atoms with E-state index < -0.39 is 0 Å². The molecule has 1 aromatic heterocycles. The topological polar surface area (TPSA) is 41.1 Å². The summed E-state index contributed by atoms with van der Waals surface area (Å²) in [6.45, 7) is 2.22. The molecule has 0 unspecified atom stereocenters. The first-order chi connectivity index (χ1) is 10.8. The number of hydrogen-bond acceptors (Lipinski definition) is 3. The van der Waals surface area contributed by atoms with E-state index in [1.165, 1.54) is 18.5 Å². The Kier molecular flexibility index (Phi) is 3.22. The molecule has 4 rings (SSSR count). The van der Waals surface area contributed by atoms with Crippen molar-refractivity contribution in [1.29, 1.82) is 0 Å². The molecule has 1 aliphatic rings. The van der Waals surface area contributed by atoms with Crippen LogP contribution < -0.4 is 9.64 Å². The summed E-state index contributed by atoms with van der Waals surface area (Å²) in [5.41, 5.74) is 4.27. The molecule has 0 bridgehead atoms. The number of methoxy groups -OCH3 is 1. The summed E-state index contributed by atoms with van der Waals surface area (Å²) >= 11 is 0.